The number of carbonyl (C=O) groups is 1. The Bertz CT molecular complexity index is 805. The molecule has 1 aliphatic heterocycles. The van der Waals surface area contributed by atoms with Crippen LogP contribution in [-0.2, 0) is 6.54 Å². The van der Waals surface area contributed by atoms with Gasteiger partial charge in [0.05, 0.1) is 12.6 Å². The molecule has 1 N–H and O–H groups in total. The van der Waals surface area contributed by atoms with Gasteiger partial charge in [-0.15, -0.1) is 0 Å². The third kappa shape index (κ3) is 2.74. The highest BCUT2D eigenvalue weighted by Gasteiger charge is 2.28. The number of nitrogens with one attached hydrogen (secondary N) is 1. The summed E-state index contributed by atoms with van der Waals surface area (Å²) in [4.78, 5) is 18.2. The molecular formula is C18H20N4O. The van der Waals surface area contributed by atoms with Crippen LogP contribution in [-0.4, -0.2) is 38.2 Å². The van der Waals surface area contributed by atoms with Crippen molar-refractivity contribution < 1.29 is 4.79 Å². The quantitative estimate of drug-likeness (QED) is 0.808. The number of aromatic amines is 1. The Kier molecular flexibility index (Phi) is 3.61. The van der Waals surface area contributed by atoms with Crippen molar-refractivity contribution in [3.05, 3.63) is 54.5 Å². The number of benzene rings is 1. The summed E-state index contributed by atoms with van der Waals surface area (Å²) >= 11 is 0. The minimum atomic E-state index is 0.123. The lowest BCUT2D eigenvalue weighted by atomic mass is 10.0. The number of likely N-dealkylation sites (tertiary alicyclic amines) is 1. The zero-order valence-electron chi connectivity index (χ0n) is 13.0. The van der Waals surface area contributed by atoms with E-state index in [9.17, 15) is 4.79 Å². The molecule has 0 aliphatic carbocycles. The van der Waals surface area contributed by atoms with E-state index in [1.54, 1.807) is 6.20 Å². The van der Waals surface area contributed by atoms with E-state index in [1.165, 1.54) is 6.42 Å². The minimum absolute atomic E-state index is 0.123. The first-order valence-electron chi connectivity index (χ1n) is 8.17. The van der Waals surface area contributed by atoms with E-state index in [-0.39, 0.29) is 11.9 Å². The first-order chi connectivity index (χ1) is 11.3. The van der Waals surface area contributed by atoms with E-state index in [0.29, 0.717) is 0 Å². The molecule has 0 bridgehead atoms. The normalized spacial score (nSPS) is 18.4. The van der Waals surface area contributed by atoms with E-state index in [0.717, 1.165) is 42.4 Å². The van der Waals surface area contributed by atoms with Crippen molar-refractivity contribution in [2.24, 2.45) is 0 Å². The summed E-state index contributed by atoms with van der Waals surface area (Å²) in [7, 11) is 0. The molecule has 1 aromatic carbocycles. The van der Waals surface area contributed by atoms with Gasteiger partial charge in [-0.05, 0) is 48.9 Å². The van der Waals surface area contributed by atoms with Crippen molar-refractivity contribution in [2.45, 2.75) is 31.8 Å². The number of rotatable bonds is 3. The lowest BCUT2D eigenvalue weighted by molar-refractivity contribution is 0.0584. The van der Waals surface area contributed by atoms with Crippen LogP contribution in [0.3, 0.4) is 0 Å². The Balaban J connectivity index is 1.58. The highest BCUT2D eigenvalue weighted by molar-refractivity contribution is 5.98. The predicted octanol–water partition coefficient (Wildman–Crippen LogP) is 3.06. The molecule has 3 aromatic rings. The fraction of sp³-hybridized carbons (Fsp3) is 0.333. The van der Waals surface area contributed by atoms with Gasteiger partial charge in [-0.25, -0.2) is 0 Å². The van der Waals surface area contributed by atoms with Crippen molar-refractivity contribution in [3.63, 3.8) is 0 Å². The molecule has 1 amide bonds. The van der Waals surface area contributed by atoms with Gasteiger partial charge < -0.3 is 9.88 Å². The lowest BCUT2D eigenvalue weighted by Gasteiger charge is -2.35. The SMILES string of the molecule is O=C(c1ccc2cc[nH]c2c1)N1CCCC[C@@H]1Cn1cccn1. The topological polar surface area (TPSA) is 53.9 Å². The van der Waals surface area contributed by atoms with Gasteiger partial charge >= 0.3 is 0 Å². The van der Waals surface area contributed by atoms with Crippen molar-refractivity contribution >= 4 is 16.8 Å². The summed E-state index contributed by atoms with van der Waals surface area (Å²) < 4.78 is 1.92. The standard InChI is InChI=1S/C18H20N4O/c23-18(15-6-5-14-7-9-19-17(14)12-15)22-11-2-1-4-16(22)13-21-10-3-8-20-21/h3,5-10,12,16,19H,1-2,4,11,13H2/t16-/m1/s1. The number of piperidine rings is 1. The van der Waals surface area contributed by atoms with Gasteiger partial charge in [0.25, 0.3) is 5.91 Å². The highest BCUT2D eigenvalue weighted by atomic mass is 16.2. The Morgan fingerprint density at radius 2 is 2.26 bits per heavy atom. The Labute approximate surface area is 134 Å². The molecule has 0 spiro atoms. The molecule has 118 valence electrons. The van der Waals surface area contributed by atoms with Gasteiger partial charge in [0.2, 0.25) is 0 Å². The molecular weight excluding hydrogens is 288 g/mol. The number of nitrogens with zero attached hydrogens (tertiary/aromatic N) is 3. The maximum absolute atomic E-state index is 13.0. The second-order valence-corrected chi connectivity index (χ2v) is 6.16. The van der Waals surface area contributed by atoms with Crippen molar-refractivity contribution in [3.8, 4) is 0 Å². The molecule has 0 radical (unpaired) electrons. The summed E-state index contributed by atoms with van der Waals surface area (Å²) in [5.41, 5.74) is 1.77. The van der Waals surface area contributed by atoms with Crippen LogP contribution in [0.25, 0.3) is 10.9 Å². The number of H-pyrrole nitrogens is 1. The largest absolute Gasteiger partial charge is 0.361 e. The maximum atomic E-state index is 13.0. The third-order valence-electron chi connectivity index (χ3n) is 4.65. The van der Waals surface area contributed by atoms with E-state index in [1.807, 2.05) is 52.3 Å². The van der Waals surface area contributed by atoms with Crippen LogP contribution >= 0.6 is 0 Å². The van der Waals surface area contributed by atoms with Crippen molar-refractivity contribution in [2.75, 3.05) is 6.54 Å². The first kappa shape index (κ1) is 14.1. The zero-order valence-corrected chi connectivity index (χ0v) is 13.0. The molecule has 1 saturated heterocycles. The lowest BCUT2D eigenvalue weighted by Crippen LogP contribution is -2.45. The van der Waals surface area contributed by atoms with Crippen molar-refractivity contribution in [1.82, 2.24) is 19.7 Å². The molecule has 4 rings (SSSR count). The number of fused-ring (bicyclic) bond motifs is 1. The molecule has 3 heterocycles. The van der Waals surface area contributed by atoms with Gasteiger partial charge in [-0.3, -0.25) is 9.48 Å². The Morgan fingerprint density at radius 1 is 1.30 bits per heavy atom. The van der Waals surface area contributed by atoms with Crippen LogP contribution < -0.4 is 0 Å². The molecule has 0 unspecified atom stereocenters. The number of hydrogen-bond acceptors (Lipinski definition) is 2. The molecule has 2 aromatic heterocycles. The minimum Gasteiger partial charge on any atom is -0.361 e. The Hall–Kier alpha value is -2.56. The molecule has 0 saturated carbocycles. The van der Waals surface area contributed by atoms with Gasteiger partial charge in [0, 0.05) is 36.2 Å². The molecule has 1 atom stereocenters. The van der Waals surface area contributed by atoms with Crippen LogP contribution in [0.15, 0.2) is 48.9 Å². The summed E-state index contributed by atoms with van der Waals surface area (Å²) in [5, 5.41) is 5.42. The van der Waals surface area contributed by atoms with E-state index >= 15 is 0 Å². The third-order valence-corrected chi connectivity index (χ3v) is 4.65. The molecule has 1 fully saturated rings. The van der Waals surface area contributed by atoms with Crippen molar-refractivity contribution in [1.29, 1.82) is 0 Å². The summed E-state index contributed by atoms with van der Waals surface area (Å²) in [6.07, 6.45) is 8.94. The second-order valence-electron chi connectivity index (χ2n) is 6.16. The first-order valence-corrected chi connectivity index (χ1v) is 8.17. The molecule has 1 aliphatic rings. The van der Waals surface area contributed by atoms with Crippen LogP contribution in [0.5, 0.6) is 0 Å². The van der Waals surface area contributed by atoms with Gasteiger partial charge in [0.15, 0.2) is 0 Å². The Morgan fingerprint density at radius 3 is 3.13 bits per heavy atom. The molecule has 5 heteroatoms. The molecule has 5 nitrogen and oxygen atoms in total. The number of aromatic nitrogens is 3. The summed E-state index contributed by atoms with van der Waals surface area (Å²) in [6.45, 7) is 1.59. The maximum Gasteiger partial charge on any atom is 0.254 e. The van der Waals surface area contributed by atoms with Crippen LogP contribution in [0.2, 0.25) is 0 Å². The average Bonchev–Trinajstić information content (AvgIpc) is 3.25. The summed E-state index contributed by atoms with van der Waals surface area (Å²) in [6, 6.07) is 10.1. The summed E-state index contributed by atoms with van der Waals surface area (Å²) in [5.74, 6) is 0.123. The molecule has 23 heavy (non-hydrogen) atoms. The van der Waals surface area contributed by atoms with Gasteiger partial charge in [0.1, 0.15) is 0 Å². The number of hydrogen-bond donors (Lipinski definition) is 1. The van der Waals surface area contributed by atoms with Crippen LogP contribution in [0, 0.1) is 0 Å². The number of carbonyl (C=O) groups excluding carboxylic acids is 1. The van der Waals surface area contributed by atoms with E-state index in [4.69, 9.17) is 0 Å². The predicted molar refractivity (Wildman–Crippen MR) is 89.2 cm³/mol. The average molecular weight is 308 g/mol. The highest BCUT2D eigenvalue weighted by Crippen LogP contribution is 2.22. The monoisotopic (exact) mass is 308 g/mol. The fourth-order valence-electron chi connectivity index (χ4n) is 3.43. The smallest absolute Gasteiger partial charge is 0.254 e. The van der Waals surface area contributed by atoms with E-state index < -0.39 is 0 Å². The number of amides is 1. The van der Waals surface area contributed by atoms with Crippen LogP contribution in [0.1, 0.15) is 29.6 Å². The second kappa shape index (κ2) is 5.91. The van der Waals surface area contributed by atoms with Gasteiger partial charge in [-0.2, -0.15) is 5.10 Å². The van der Waals surface area contributed by atoms with Crippen LogP contribution in [0.4, 0.5) is 0 Å². The fourth-order valence-corrected chi connectivity index (χ4v) is 3.43. The van der Waals surface area contributed by atoms with Gasteiger partial charge in [-0.1, -0.05) is 6.07 Å². The zero-order chi connectivity index (χ0) is 15.6. The van der Waals surface area contributed by atoms with E-state index in [2.05, 4.69) is 10.1 Å².